The molecule has 1 N–H and O–H groups in total. The summed E-state index contributed by atoms with van der Waals surface area (Å²) in [6, 6.07) is 6.69. The predicted molar refractivity (Wildman–Crippen MR) is 98.4 cm³/mol. The monoisotopic (exact) mass is 386 g/mol. The molecule has 1 aromatic heterocycles. The van der Waals surface area contributed by atoms with E-state index in [2.05, 4.69) is 10.2 Å². The maximum Gasteiger partial charge on any atom is 0.308 e. The van der Waals surface area contributed by atoms with Crippen LogP contribution in [0.25, 0.3) is 11.5 Å². The number of benzene rings is 1. The third-order valence-corrected chi connectivity index (χ3v) is 4.75. The Hall–Kier alpha value is -3.23. The summed E-state index contributed by atoms with van der Waals surface area (Å²) in [5, 5.41) is 16.8. The summed E-state index contributed by atoms with van der Waals surface area (Å²) in [7, 11) is 1.55. The number of carboxylic acid groups (broad SMARTS) is 1. The molecular formula is C19H22N4O5. The third kappa shape index (κ3) is 4.36. The number of aliphatic carboxylic acids is 1. The molecule has 3 rings (SSSR count). The van der Waals surface area contributed by atoms with Gasteiger partial charge in [-0.1, -0.05) is 0 Å². The van der Waals surface area contributed by atoms with E-state index in [1.807, 2.05) is 0 Å². The number of carbonyl (C=O) groups excluding carboxylic acids is 2. The molecule has 1 aliphatic heterocycles. The van der Waals surface area contributed by atoms with Crippen molar-refractivity contribution in [2.75, 3.05) is 26.7 Å². The van der Waals surface area contributed by atoms with E-state index in [1.165, 1.54) is 9.80 Å². The van der Waals surface area contributed by atoms with Gasteiger partial charge < -0.3 is 19.3 Å². The van der Waals surface area contributed by atoms with Gasteiger partial charge in [0.2, 0.25) is 17.7 Å². The molecule has 2 aromatic rings. The van der Waals surface area contributed by atoms with Crippen molar-refractivity contribution in [2.24, 2.45) is 5.92 Å². The van der Waals surface area contributed by atoms with E-state index in [0.717, 1.165) is 0 Å². The lowest BCUT2D eigenvalue weighted by Gasteiger charge is -2.32. The van der Waals surface area contributed by atoms with E-state index in [-0.39, 0.29) is 24.9 Å². The number of likely N-dealkylation sites (tertiary alicyclic amines) is 1. The smallest absolute Gasteiger partial charge is 0.308 e. The molecule has 148 valence electrons. The second-order valence-corrected chi connectivity index (χ2v) is 6.88. The van der Waals surface area contributed by atoms with Crippen LogP contribution >= 0.6 is 0 Å². The summed E-state index contributed by atoms with van der Waals surface area (Å²) in [5.41, 5.74) is 1.13. The molecule has 1 fully saturated rings. The number of rotatable bonds is 5. The fraction of sp³-hybridized carbons (Fsp3) is 0.421. The molecule has 1 saturated heterocycles. The van der Waals surface area contributed by atoms with Crippen LogP contribution in [0, 0.1) is 12.8 Å². The summed E-state index contributed by atoms with van der Waals surface area (Å²) in [4.78, 5) is 39.1. The minimum Gasteiger partial charge on any atom is -0.481 e. The van der Waals surface area contributed by atoms with E-state index in [0.29, 0.717) is 42.3 Å². The molecule has 1 atom stereocenters. The molecule has 1 aromatic carbocycles. The standard InChI is InChI=1S/C19H22N4O5/c1-12-20-21-17(28-12)13-5-7-14(8-6-13)18(25)22(2)11-16(24)23-9-3-4-15(10-23)19(26)27/h5-8,15H,3-4,9-11H2,1-2H3,(H,26,27). The zero-order valence-electron chi connectivity index (χ0n) is 15.8. The Kier molecular flexibility index (Phi) is 5.72. The van der Waals surface area contributed by atoms with Crippen LogP contribution in [0.1, 0.15) is 29.1 Å². The Bertz CT molecular complexity index is 877. The second kappa shape index (κ2) is 8.20. The van der Waals surface area contributed by atoms with Crippen molar-refractivity contribution in [1.29, 1.82) is 0 Å². The van der Waals surface area contributed by atoms with Crippen LogP contribution in [-0.2, 0) is 9.59 Å². The van der Waals surface area contributed by atoms with Crippen molar-refractivity contribution in [3.05, 3.63) is 35.7 Å². The first-order valence-corrected chi connectivity index (χ1v) is 9.01. The molecule has 1 unspecified atom stereocenters. The first kappa shape index (κ1) is 19.5. The average Bonchev–Trinajstić information content (AvgIpc) is 3.13. The maximum atomic E-state index is 12.6. The highest BCUT2D eigenvalue weighted by Crippen LogP contribution is 2.19. The minimum absolute atomic E-state index is 0.101. The Morgan fingerprint density at radius 2 is 1.96 bits per heavy atom. The van der Waals surface area contributed by atoms with E-state index >= 15 is 0 Å². The summed E-state index contributed by atoms with van der Waals surface area (Å²) >= 11 is 0. The zero-order chi connectivity index (χ0) is 20.3. The van der Waals surface area contributed by atoms with E-state index in [9.17, 15) is 14.4 Å². The number of carboxylic acids is 1. The topological polar surface area (TPSA) is 117 Å². The fourth-order valence-electron chi connectivity index (χ4n) is 3.17. The quantitative estimate of drug-likeness (QED) is 0.826. The third-order valence-electron chi connectivity index (χ3n) is 4.75. The van der Waals surface area contributed by atoms with Gasteiger partial charge in [-0.25, -0.2) is 0 Å². The van der Waals surface area contributed by atoms with Crippen molar-refractivity contribution in [2.45, 2.75) is 19.8 Å². The molecule has 0 radical (unpaired) electrons. The van der Waals surface area contributed by atoms with Crippen molar-refractivity contribution >= 4 is 17.8 Å². The molecule has 0 aliphatic carbocycles. The van der Waals surface area contributed by atoms with Gasteiger partial charge in [-0.3, -0.25) is 14.4 Å². The predicted octanol–water partition coefficient (Wildman–Crippen LogP) is 1.44. The van der Waals surface area contributed by atoms with Crippen molar-refractivity contribution < 1.29 is 23.9 Å². The lowest BCUT2D eigenvalue weighted by Crippen LogP contribution is -2.46. The number of hydrogen-bond acceptors (Lipinski definition) is 6. The number of aryl methyl sites for hydroxylation is 1. The van der Waals surface area contributed by atoms with Crippen LogP contribution in [-0.4, -0.2) is 69.6 Å². The Morgan fingerprint density at radius 1 is 1.25 bits per heavy atom. The molecule has 0 spiro atoms. The van der Waals surface area contributed by atoms with Crippen LogP contribution in [0.15, 0.2) is 28.7 Å². The number of aromatic nitrogens is 2. The number of carbonyl (C=O) groups is 3. The minimum atomic E-state index is -0.890. The van der Waals surface area contributed by atoms with Crippen LogP contribution in [0.4, 0.5) is 0 Å². The van der Waals surface area contributed by atoms with Gasteiger partial charge in [-0.05, 0) is 37.1 Å². The van der Waals surface area contributed by atoms with Crippen LogP contribution in [0.2, 0.25) is 0 Å². The highest BCUT2D eigenvalue weighted by atomic mass is 16.4. The number of likely N-dealkylation sites (N-methyl/N-ethyl adjacent to an activating group) is 1. The lowest BCUT2D eigenvalue weighted by atomic mass is 9.98. The van der Waals surface area contributed by atoms with Gasteiger partial charge in [0.25, 0.3) is 5.91 Å². The number of piperidine rings is 1. The van der Waals surface area contributed by atoms with Gasteiger partial charge in [0.15, 0.2) is 0 Å². The second-order valence-electron chi connectivity index (χ2n) is 6.88. The molecule has 0 bridgehead atoms. The van der Waals surface area contributed by atoms with Gasteiger partial charge in [0, 0.05) is 38.2 Å². The van der Waals surface area contributed by atoms with Crippen LogP contribution in [0.3, 0.4) is 0 Å². The summed E-state index contributed by atoms with van der Waals surface area (Å²) in [6.07, 6.45) is 1.22. The van der Waals surface area contributed by atoms with Crippen molar-refractivity contribution in [1.82, 2.24) is 20.0 Å². The molecule has 2 heterocycles. The number of nitrogens with zero attached hydrogens (tertiary/aromatic N) is 4. The normalized spacial score (nSPS) is 16.6. The summed E-state index contributed by atoms with van der Waals surface area (Å²) in [5.74, 6) is -1.15. The Labute approximate surface area is 161 Å². The van der Waals surface area contributed by atoms with E-state index in [1.54, 1.807) is 38.2 Å². The molecule has 2 amide bonds. The fourth-order valence-corrected chi connectivity index (χ4v) is 3.17. The van der Waals surface area contributed by atoms with Gasteiger partial charge in [-0.2, -0.15) is 0 Å². The highest BCUT2D eigenvalue weighted by molar-refractivity contribution is 5.96. The molecule has 9 nitrogen and oxygen atoms in total. The first-order valence-electron chi connectivity index (χ1n) is 9.01. The van der Waals surface area contributed by atoms with Crippen LogP contribution < -0.4 is 0 Å². The largest absolute Gasteiger partial charge is 0.481 e. The zero-order valence-corrected chi connectivity index (χ0v) is 15.8. The van der Waals surface area contributed by atoms with Crippen molar-refractivity contribution in [3.63, 3.8) is 0 Å². The Balaban J connectivity index is 1.61. The number of amides is 2. The van der Waals surface area contributed by atoms with Gasteiger partial charge >= 0.3 is 5.97 Å². The van der Waals surface area contributed by atoms with Gasteiger partial charge in [-0.15, -0.1) is 10.2 Å². The average molecular weight is 386 g/mol. The van der Waals surface area contributed by atoms with Crippen molar-refractivity contribution in [3.8, 4) is 11.5 Å². The molecule has 0 saturated carbocycles. The van der Waals surface area contributed by atoms with E-state index in [4.69, 9.17) is 9.52 Å². The van der Waals surface area contributed by atoms with Gasteiger partial charge in [0.1, 0.15) is 0 Å². The number of hydrogen-bond donors (Lipinski definition) is 1. The SMILES string of the molecule is Cc1nnc(-c2ccc(C(=O)N(C)CC(=O)N3CCCC(C(=O)O)C3)cc2)o1. The Morgan fingerprint density at radius 3 is 2.57 bits per heavy atom. The summed E-state index contributed by atoms with van der Waals surface area (Å²) in [6.45, 7) is 2.30. The molecular weight excluding hydrogens is 364 g/mol. The highest BCUT2D eigenvalue weighted by Gasteiger charge is 2.29. The molecule has 1 aliphatic rings. The van der Waals surface area contributed by atoms with Crippen LogP contribution in [0.5, 0.6) is 0 Å². The summed E-state index contributed by atoms with van der Waals surface area (Å²) < 4.78 is 5.35. The van der Waals surface area contributed by atoms with Gasteiger partial charge in [0.05, 0.1) is 12.5 Å². The molecule has 28 heavy (non-hydrogen) atoms. The lowest BCUT2D eigenvalue weighted by molar-refractivity contribution is -0.145. The maximum absolute atomic E-state index is 12.6. The molecule has 9 heteroatoms. The van der Waals surface area contributed by atoms with E-state index < -0.39 is 11.9 Å². The first-order chi connectivity index (χ1) is 13.3.